The molecule has 31 heavy (non-hydrogen) atoms. The first-order valence-electron chi connectivity index (χ1n) is 9.07. The number of nitrogens with zero attached hydrogens (tertiary/aromatic N) is 4. The Hall–Kier alpha value is -1.36. The van der Waals surface area contributed by atoms with E-state index in [2.05, 4.69) is 19.9 Å². The van der Waals surface area contributed by atoms with Crippen molar-refractivity contribution in [2.24, 2.45) is 0 Å². The average Bonchev–Trinajstić information content (AvgIpc) is 3.16. The molecule has 0 aliphatic carbocycles. The number of likely N-dealkylation sites (N-methyl/N-ethyl adjacent to an activating group) is 2. The number of aliphatic carboxylic acids is 2. The van der Waals surface area contributed by atoms with Gasteiger partial charge >= 0.3 is 27.3 Å². The second-order valence-electron chi connectivity index (χ2n) is 8.74. The smallest absolute Gasteiger partial charge is 0.742 e. The number of carboxylic acids is 2. The van der Waals surface area contributed by atoms with Crippen molar-refractivity contribution >= 4 is 37.2 Å². The van der Waals surface area contributed by atoms with Crippen molar-refractivity contribution in [1.29, 1.82) is 0 Å². The van der Waals surface area contributed by atoms with E-state index in [9.17, 15) is 19.8 Å². The SMILES string of the molecule is C[N+](C)(C)C(Cc1cnc([S-])[nH]1)C(=O)[O-].C[N+](C)(C)C(Cc1cnc([S-])[nH]1)C(=O)[O-].[Cd+2]. The summed E-state index contributed by atoms with van der Waals surface area (Å²) in [5.74, 6) is -2.13. The van der Waals surface area contributed by atoms with Crippen LogP contribution in [0.2, 0.25) is 0 Å². The van der Waals surface area contributed by atoms with E-state index in [1.807, 2.05) is 42.3 Å². The third-order valence-electron chi connectivity index (χ3n) is 4.45. The zero-order valence-electron chi connectivity index (χ0n) is 18.7. The minimum absolute atomic E-state index is 0. The Morgan fingerprint density at radius 1 is 0.839 bits per heavy atom. The zero-order valence-corrected chi connectivity index (χ0v) is 24.3. The van der Waals surface area contributed by atoms with Crippen molar-refractivity contribution in [3.8, 4) is 0 Å². The number of carboxylic acid groups (broad SMARTS) is 2. The summed E-state index contributed by atoms with van der Waals surface area (Å²) in [6.45, 7) is 0. The van der Waals surface area contributed by atoms with Gasteiger partial charge in [-0.1, -0.05) is 0 Å². The molecule has 0 radical (unpaired) electrons. The first kappa shape index (κ1) is 29.6. The number of hydrogen-bond acceptors (Lipinski definition) is 8. The van der Waals surface area contributed by atoms with E-state index in [0.717, 1.165) is 11.4 Å². The molecule has 2 N–H and O–H groups in total. The van der Waals surface area contributed by atoms with Gasteiger partial charge in [-0.2, -0.15) is 0 Å². The summed E-state index contributed by atoms with van der Waals surface area (Å²) in [7, 11) is 10.9. The van der Waals surface area contributed by atoms with E-state index in [-0.39, 0.29) is 27.3 Å². The molecule has 0 saturated heterocycles. The van der Waals surface area contributed by atoms with Crippen molar-refractivity contribution in [2.45, 2.75) is 35.2 Å². The fourth-order valence-corrected chi connectivity index (χ4v) is 3.02. The van der Waals surface area contributed by atoms with Crippen molar-refractivity contribution in [2.75, 3.05) is 42.3 Å². The molecule has 0 aliphatic rings. The maximum absolute atomic E-state index is 11.0. The molecule has 0 aromatic carbocycles. The summed E-state index contributed by atoms with van der Waals surface area (Å²) < 4.78 is 0.599. The molecule has 2 heterocycles. The van der Waals surface area contributed by atoms with Crippen molar-refractivity contribution in [3.63, 3.8) is 0 Å². The first-order chi connectivity index (χ1) is 13.6. The Balaban J connectivity index is 0.000000562. The van der Waals surface area contributed by atoms with Gasteiger partial charge in [0.1, 0.15) is 12.1 Å². The molecular weight excluding hydrogens is 541 g/mol. The Bertz CT molecular complexity index is 790. The van der Waals surface area contributed by atoms with Gasteiger partial charge in [-0.15, -0.1) is 0 Å². The summed E-state index contributed by atoms with van der Waals surface area (Å²) in [4.78, 5) is 35.3. The summed E-state index contributed by atoms with van der Waals surface area (Å²) in [6.07, 6.45) is 3.81. The number of carbonyl (C=O) groups is 2. The minimum atomic E-state index is -1.07. The summed E-state index contributed by atoms with van der Waals surface area (Å²) in [6, 6.07) is -1.22. The van der Waals surface area contributed by atoms with Crippen LogP contribution in [-0.4, -0.2) is 95.2 Å². The molecule has 0 bridgehead atoms. The normalized spacial score (nSPS) is 13.4. The Kier molecular flexibility index (Phi) is 11.5. The Morgan fingerprint density at radius 3 is 1.29 bits per heavy atom. The van der Waals surface area contributed by atoms with Crippen molar-refractivity contribution < 1.29 is 56.1 Å². The molecular formula is C18H28CdN6O4S2. The van der Waals surface area contributed by atoms with Crippen LogP contribution >= 0.6 is 0 Å². The van der Waals surface area contributed by atoms with E-state index in [4.69, 9.17) is 25.3 Å². The van der Waals surface area contributed by atoms with Gasteiger partial charge in [0, 0.05) is 36.6 Å². The Labute approximate surface area is 213 Å². The second-order valence-corrected chi connectivity index (χ2v) is 9.51. The van der Waals surface area contributed by atoms with E-state index in [1.165, 1.54) is 0 Å². The van der Waals surface area contributed by atoms with E-state index in [1.54, 1.807) is 12.4 Å². The third kappa shape index (κ3) is 10.2. The monoisotopic (exact) mass is 570 g/mol. The number of imidazole rings is 2. The van der Waals surface area contributed by atoms with Gasteiger partial charge in [0.25, 0.3) is 0 Å². The van der Waals surface area contributed by atoms with Crippen LogP contribution < -0.4 is 10.2 Å². The van der Waals surface area contributed by atoms with Gasteiger partial charge in [0.05, 0.1) is 54.2 Å². The minimum Gasteiger partial charge on any atom is -0.742 e. The molecule has 0 aliphatic heterocycles. The largest absolute Gasteiger partial charge is 2.00 e. The molecule has 168 valence electrons. The topological polar surface area (TPSA) is 138 Å². The van der Waals surface area contributed by atoms with Crippen LogP contribution in [0.4, 0.5) is 0 Å². The summed E-state index contributed by atoms with van der Waals surface area (Å²) in [5.41, 5.74) is 1.45. The molecule has 10 nitrogen and oxygen atoms in total. The van der Waals surface area contributed by atoms with Crippen LogP contribution in [0.1, 0.15) is 11.4 Å². The van der Waals surface area contributed by atoms with Crippen molar-refractivity contribution in [1.82, 2.24) is 19.9 Å². The standard InChI is InChI=1S/2C9H15N3O2S.Cd/c2*1-12(2,3)7(8(13)14)4-6-5-10-9(15)11-6;/h2*5,7H,4H2,1-3H3,(H2-,10,11,13,14,15);/q;;+2/p-2. The predicted molar refractivity (Wildman–Crippen MR) is 110 cm³/mol. The number of H-pyrrole nitrogens is 2. The predicted octanol–water partition coefficient (Wildman–Crippen LogP) is -2.64. The van der Waals surface area contributed by atoms with Gasteiger partial charge in [-0.05, 0) is 10.3 Å². The second kappa shape index (κ2) is 12.0. The third-order valence-corrected chi connectivity index (χ3v) is 4.87. The van der Waals surface area contributed by atoms with Gasteiger partial charge in [0.15, 0.2) is 0 Å². The zero-order chi connectivity index (χ0) is 23.3. The van der Waals surface area contributed by atoms with Gasteiger partial charge in [-0.3, -0.25) is 9.97 Å². The number of rotatable bonds is 8. The van der Waals surface area contributed by atoms with Gasteiger partial charge < -0.3 is 64.0 Å². The molecule has 2 aromatic heterocycles. The van der Waals surface area contributed by atoms with E-state index in [0.29, 0.717) is 32.1 Å². The number of hydrogen-bond donors (Lipinski definition) is 2. The molecule has 2 rings (SSSR count). The van der Waals surface area contributed by atoms with Crippen LogP contribution in [-0.2, 0) is 75.0 Å². The number of carbonyl (C=O) groups excluding carboxylic acids is 2. The fourth-order valence-electron chi connectivity index (χ4n) is 2.65. The molecule has 0 spiro atoms. The van der Waals surface area contributed by atoms with E-state index >= 15 is 0 Å². The molecule has 13 heteroatoms. The molecule has 2 aromatic rings. The van der Waals surface area contributed by atoms with Crippen LogP contribution in [0.5, 0.6) is 0 Å². The molecule has 0 amide bonds. The molecule has 0 saturated carbocycles. The van der Waals surface area contributed by atoms with Gasteiger partial charge in [0.2, 0.25) is 0 Å². The Morgan fingerprint density at radius 2 is 1.13 bits per heavy atom. The maximum Gasteiger partial charge on any atom is 2.00 e. The quantitative estimate of drug-likeness (QED) is 0.200. The molecule has 0 fully saturated rings. The van der Waals surface area contributed by atoms with E-state index < -0.39 is 24.0 Å². The number of nitrogens with one attached hydrogen (secondary N) is 2. The fraction of sp³-hybridized carbons (Fsp3) is 0.556. The number of quaternary nitrogens is 2. The summed E-state index contributed by atoms with van der Waals surface area (Å²) >= 11 is 9.62. The molecule has 2 unspecified atom stereocenters. The number of aromatic amines is 2. The summed E-state index contributed by atoms with van der Waals surface area (Å²) in [5, 5.41) is 22.7. The number of aromatic nitrogens is 4. The van der Waals surface area contributed by atoms with Crippen molar-refractivity contribution in [3.05, 3.63) is 23.8 Å². The van der Waals surface area contributed by atoms with Crippen LogP contribution in [0.3, 0.4) is 0 Å². The average molecular weight is 569 g/mol. The van der Waals surface area contributed by atoms with Crippen LogP contribution in [0.25, 0.3) is 0 Å². The maximum atomic E-state index is 11.0. The van der Waals surface area contributed by atoms with Crippen LogP contribution in [0.15, 0.2) is 22.7 Å². The first-order valence-corrected chi connectivity index (χ1v) is 9.88. The van der Waals surface area contributed by atoms with Crippen LogP contribution in [0, 0.1) is 0 Å². The van der Waals surface area contributed by atoms with Gasteiger partial charge in [-0.25, -0.2) is 0 Å². The molecule has 2 atom stereocenters.